The summed E-state index contributed by atoms with van der Waals surface area (Å²) in [5, 5.41) is 0. The number of ketones is 1. The number of amides is 1. The highest BCUT2D eigenvalue weighted by Gasteiger charge is 2.52. The van der Waals surface area contributed by atoms with Gasteiger partial charge in [-0.2, -0.15) is 0 Å². The molecule has 0 bridgehead atoms. The van der Waals surface area contributed by atoms with Gasteiger partial charge in [0.1, 0.15) is 11.9 Å². The number of hydrogen-bond donors (Lipinski definition) is 0. The molecular formula is C23H28FNO4. The molecule has 6 heteroatoms. The highest BCUT2D eigenvalue weighted by Crippen LogP contribution is 2.47. The van der Waals surface area contributed by atoms with Crippen molar-refractivity contribution in [3.8, 4) is 0 Å². The minimum Gasteiger partial charge on any atom is -0.483 e. The Kier molecular flexibility index (Phi) is 5.72. The summed E-state index contributed by atoms with van der Waals surface area (Å²) in [6.45, 7) is 4.79. The molecule has 1 aliphatic carbocycles. The number of benzene rings is 1. The lowest BCUT2D eigenvalue weighted by Gasteiger charge is -2.35. The third-order valence-corrected chi connectivity index (χ3v) is 6.05. The van der Waals surface area contributed by atoms with Gasteiger partial charge in [-0.25, -0.2) is 4.39 Å². The van der Waals surface area contributed by atoms with Crippen molar-refractivity contribution in [3.05, 3.63) is 47.0 Å². The first-order valence-corrected chi connectivity index (χ1v) is 10.6. The maximum Gasteiger partial charge on any atom is 0.290 e. The van der Waals surface area contributed by atoms with E-state index in [9.17, 15) is 14.0 Å². The molecule has 2 heterocycles. The average Bonchev–Trinajstić information content (AvgIpc) is 2.98. The van der Waals surface area contributed by atoms with E-state index < -0.39 is 11.9 Å². The lowest BCUT2D eigenvalue weighted by atomic mass is 9.77. The van der Waals surface area contributed by atoms with Crippen molar-refractivity contribution in [1.82, 2.24) is 4.90 Å². The zero-order valence-corrected chi connectivity index (χ0v) is 17.0. The summed E-state index contributed by atoms with van der Waals surface area (Å²) in [5.74, 6) is -0.861. The number of fused-ring (bicyclic) bond motifs is 1. The molecule has 0 saturated heterocycles. The fourth-order valence-electron chi connectivity index (χ4n) is 4.70. The summed E-state index contributed by atoms with van der Waals surface area (Å²) in [4.78, 5) is 28.2. The van der Waals surface area contributed by atoms with E-state index in [1.807, 2.05) is 13.8 Å². The van der Waals surface area contributed by atoms with Crippen LogP contribution in [0.25, 0.3) is 0 Å². The minimum absolute atomic E-state index is 0.0431. The molecule has 2 aliphatic heterocycles. The molecular weight excluding hydrogens is 373 g/mol. The molecule has 3 atom stereocenters. The Morgan fingerprint density at radius 2 is 1.97 bits per heavy atom. The summed E-state index contributed by atoms with van der Waals surface area (Å²) in [7, 11) is 0. The Hall–Kier alpha value is -2.21. The van der Waals surface area contributed by atoms with Crippen LogP contribution < -0.4 is 0 Å². The van der Waals surface area contributed by atoms with Crippen molar-refractivity contribution in [1.29, 1.82) is 0 Å². The lowest BCUT2D eigenvalue weighted by molar-refractivity contribution is -0.135. The van der Waals surface area contributed by atoms with Gasteiger partial charge in [-0.1, -0.05) is 24.6 Å². The smallest absolute Gasteiger partial charge is 0.290 e. The zero-order valence-electron chi connectivity index (χ0n) is 17.0. The number of nitrogens with zero attached hydrogens (tertiary/aromatic N) is 1. The summed E-state index contributed by atoms with van der Waals surface area (Å²) in [6.07, 6.45) is 4.01. The van der Waals surface area contributed by atoms with E-state index in [-0.39, 0.29) is 35.6 Å². The van der Waals surface area contributed by atoms with E-state index in [1.165, 1.54) is 6.07 Å². The first-order chi connectivity index (χ1) is 14.0. The number of carbonyl (C=O) groups is 2. The van der Waals surface area contributed by atoms with Crippen LogP contribution in [-0.2, 0) is 19.1 Å². The molecule has 4 rings (SSSR count). The van der Waals surface area contributed by atoms with Crippen molar-refractivity contribution in [2.24, 2.45) is 5.92 Å². The quantitative estimate of drug-likeness (QED) is 0.678. The number of rotatable bonds is 6. The van der Waals surface area contributed by atoms with Gasteiger partial charge in [0.15, 0.2) is 11.5 Å². The van der Waals surface area contributed by atoms with Crippen molar-refractivity contribution >= 4 is 11.7 Å². The van der Waals surface area contributed by atoms with Gasteiger partial charge in [0.05, 0.1) is 23.6 Å². The van der Waals surface area contributed by atoms with Crippen molar-refractivity contribution < 1.29 is 23.5 Å². The number of carbonyl (C=O) groups excluding carboxylic acids is 2. The Balaban J connectivity index is 1.67. The monoisotopic (exact) mass is 401 g/mol. The number of hydrogen-bond acceptors (Lipinski definition) is 4. The zero-order chi connectivity index (χ0) is 20.5. The van der Waals surface area contributed by atoms with Gasteiger partial charge in [0, 0.05) is 18.7 Å². The number of Topliss-reactive ketones (excluding diaryl/α,β-unsaturated/α-hetero) is 1. The third-order valence-electron chi connectivity index (χ3n) is 6.05. The first kappa shape index (κ1) is 20.1. The predicted molar refractivity (Wildman–Crippen MR) is 105 cm³/mol. The third kappa shape index (κ3) is 3.70. The molecule has 0 N–H and O–H groups in total. The van der Waals surface area contributed by atoms with E-state index in [0.29, 0.717) is 30.7 Å². The molecule has 0 radical (unpaired) electrons. The molecule has 1 fully saturated rings. The standard InChI is InChI=1S/C23H28FNO4/c1-14(2)28-13-7-12-25-20(15-8-3-5-10-17(15)24)19-21(26)16-9-4-6-11-18(16)29-22(19)23(25)27/h3,5,8,10,14,16,18,20H,4,6-7,9,11-13H2,1-2H3. The molecule has 1 saturated carbocycles. The summed E-state index contributed by atoms with van der Waals surface area (Å²) in [5.41, 5.74) is 0.690. The van der Waals surface area contributed by atoms with E-state index in [0.717, 1.165) is 25.7 Å². The van der Waals surface area contributed by atoms with Crippen LogP contribution in [0.4, 0.5) is 4.39 Å². The molecule has 1 amide bonds. The van der Waals surface area contributed by atoms with Crippen LogP contribution in [0.3, 0.4) is 0 Å². The Labute approximate surface area is 170 Å². The normalized spacial score (nSPS) is 26.6. The highest BCUT2D eigenvalue weighted by molar-refractivity contribution is 6.11. The second-order valence-corrected chi connectivity index (χ2v) is 8.35. The van der Waals surface area contributed by atoms with Gasteiger partial charge in [0.25, 0.3) is 5.91 Å². The van der Waals surface area contributed by atoms with E-state index >= 15 is 0 Å². The second kappa shape index (κ2) is 8.27. The van der Waals surface area contributed by atoms with Crippen molar-refractivity contribution in [2.45, 2.75) is 64.2 Å². The van der Waals surface area contributed by atoms with Crippen molar-refractivity contribution in [2.75, 3.05) is 13.2 Å². The SMILES string of the molecule is CC(C)OCCCN1C(=O)C2=C(C(=O)C3CCCCC3O2)C1c1ccccc1F. The van der Waals surface area contributed by atoms with Crippen LogP contribution in [0.1, 0.15) is 57.6 Å². The lowest BCUT2D eigenvalue weighted by Crippen LogP contribution is -2.39. The number of ether oxygens (including phenoxy) is 2. The van der Waals surface area contributed by atoms with Crippen LogP contribution in [-0.4, -0.2) is 41.9 Å². The van der Waals surface area contributed by atoms with Gasteiger partial charge in [-0.05, 0) is 45.6 Å². The average molecular weight is 401 g/mol. The Bertz CT molecular complexity index is 834. The van der Waals surface area contributed by atoms with Gasteiger partial charge >= 0.3 is 0 Å². The molecule has 0 spiro atoms. The number of halogens is 1. The Morgan fingerprint density at radius 3 is 2.72 bits per heavy atom. The van der Waals surface area contributed by atoms with E-state index in [1.54, 1.807) is 23.1 Å². The van der Waals surface area contributed by atoms with Crippen LogP contribution in [0.2, 0.25) is 0 Å². The van der Waals surface area contributed by atoms with Crippen LogP contribution >= 0.6 is 0 Å². The molecule has 1 aromatic carbocycles. The van der Waals surface area contributed by atoms with Crippen LogP contribution in [0, 0.1) is 11.7 Å². The van der Waals surface area contributed by atoms with Gasteiger partial charge in [-0.15, -0.1) is 0 Å². The molecule has 156 valence electrons. The summed E-state index contributed by atoms with van der Waals surface area (Å²) in [6, 6.07) is 5.64. The maximum atomic E-state index is 14.7. The van der Waals surface area contributed by atoms with Gasteiger partial charge < -0.3 is 14.4 Å². The molecule has 5 nitrogen and oxygen atoms in total. The highest BCUT2D eigenvalue weighted by atomic mass is 19.1. The molecule has 29 heavy (non-hydrogen) atoms. The first-order valence-electron chi connectivity index (χ1n) is 10.6. The molecule has 1 aromatic rings. The molecule has 3 aliphatic rings. The minimum atomic E-state index is -0.729. The second-order valence-electron chi connectivity index (χ2n) is 8.35. The van der Waals surface area contributed by atoms with Gasteiger partial charge in [0.2, 0.25) is 0 Å². The fourth-order valence-corrected chi connectivity index (χ4v) is 4.70. The fraction of sp³-hybridized carbons (Fsp3) is 0.565. The Morgan fingerprint density at radius 1 is 1.21 bits per heavy atom. The molecule has 3 unspecified atom stereocenters. The van der Waals surface area contributed by atoms with Crippen molar-refractivity contribution in [3.63, 3.8) is 0 Å². The largest absolute Gasteiger partial charge is 0.483 e. The van der Waals surface area contributed by atoms with E-state index in [2.05, 4.69) is 0 Å². The van der Waals surface area contributed by atoms with E-state index in [4.69, 9.17) is 9.47 Å². The molecule has 0 aromatic heterocycles. The van der Waals surface area contributed by atoms with Gasteiger partial charge in [-0.3, -0.25) is 9.59 Å². The predicted octanol–water partition coefficient (Wildman–Crippen LogP) is 3.94. The summed E-state index contributed by atoms with van der Waals surface area (Å²) >= 11 is 0. The summed E-state index contributed by atoms with van der Waals surface area (Å²) < 4.78 is 26.4. The maximum absolute atomic E-state index is 14.7. The van der Waals surface area contributed by atoms with Crippen LogP contribution in [0.15, 0.2) is 35.6 Å². The topological polar surface area (TPSA) is 55.8 Å². The van der Waals surface area contributed by atoms with Crippen LogP contribution in [0.5, 0.6) is 0 Å².